The SMILES string of the molecule is CC(=O)[C@H](CCCN=C(N)N)NC(=O)COCCOCCNC(=O)COCCOCCNC(=O)COCCOCCNC(=O)COCCOCCNC(=O)CCCCCCl. The van der Waals surface area contributed by atoms with Crippen molar-refractivity contribution in [2.75, 3.05) is 144 Å². The molecule has 60 heavy (non-hydrogen) atoms. The van der Waals surface area contributed by atoms with Gasteiger partial charge in [0.2, 0.25) is 29.5 Å². The number of ether oxygens (including phenoxy) is 8. The van der Waals surface area contributed by atoms with Gasteiger partial charge in [-0.1, -0.05) is 6.42 Å². The van der Waals surface area contributed by atoms with Gasteiger partial charge < -0.3 is 75.9 Å². The number of Topliss-reactive ketones (excluding diaryl/α,β-unsaturated/α-hetero) is 1. The minimum atomic E-state index is -0.645. The zero-order chi connectivity index (χ0) is 44.3. The summed E-state index contributed by atoms with van der Waals surface area (Å²) in [6, 6.07) is -0.645. The molecule has 23 heteroatoms. The first kappa shape index (κ1) is 56.3. The maximum Gasteiger partial charge on any atom is 0.246 e. The van der Waals surface area contributed by atoms with E-state index in [4.69, 9.17) is 61.0 Å². The number of aliphatic imine (C=N–C) groups is 1. The molecule has 0 spiro atoms. The summed E-state index contributed by atoms with van der Waals surface area (Å²) in [5, 5.41) is 13.4. The number of nitrogens with zero attached hydrogens (tertiary/aromatic N) is 1. The number of nitrogens with one attached hydrogen (secondary N) is 5. The largest absolute Gasteiger partial charge is 0.377 e. The maximum atomic E-state index is 12.0. The van der Waals surface area contributed by atoms with Crippen LogP contribution < -0.4 is 38.1 Å². The molecule has 0 saturated heterocycles. The van der Waals surface area contributed by atoms with Gasteiger partial charge in [-0.2, -0.15) is 0 Å². The number of guanidine groups is 1. The lowest BCUT2D eigenvalue weighted by Gasteiger charge is -2.15. The molecular formula is C37H69ClN8O14. The highest BCUT2D eigenvalue weighted by Crippen LogP contribution is 2.01. The predicted octanol–water partition coefficient (Wildman–Crippen LogP) is -2.49. The standard InChI is InChI=1S/C37H69ClN8O14/c1-30(47)31(6-5-9-45-37(39)40)46-36(52)29-60-25-21-56-17-13-44-35(51)28-59-24-20-55-16-12-43-34(50)27-58-23-19-54-15-11-42-33(49)26-57-22-18-53-14-10-41-32(48)7-3-2-4-8-38/h31H,2-29H2,1H3,(H,41,48)(H,42,49)(H,43,50)(H,44,51)(H,46,52)(H4,39,40,45)/t31-/m0/s1. The number of hydrogen-bond donors (Lipinski definition) is 7. The minimum absolute atomic E-state index is 0.00863. The quantitative estimate of drug-likeness (QED) is 0.0144. The molecule has 0 unspecified atom stereocenters. The lowest BCUT2D eigenvalue weighted by Crippen LogP contribution is -2.41. The number of unbranched alkanes of at least 4 members (excludes halogenated alkanes) is 2. The predicted molar refractivity (Wildman–Crippen MR) is 220 cm³/mol. The molecule has 348 valence electrons. The van der Waals surface area contributed by atoms with Crippen LogP contribution in [0.4, 0.5) is 0 Å². The number of rotatable bonds is 43. The first-order chi connectivity index (χ1) is 29.0. The summed E-state index contributed by atoms with van der Waals surface area (Å²) < 4.78 is 42.5. The fraction of sp³-hybridized carbons (Fsp3) is 0.811. The van der Waals surface area contributed by atoms with Crippen LogP contribution >= 0.6 is 11.6 Å². The molecule has 9 N–H and O–H groups in total. The molecular weight excluding hydrogens is 816 g/mol. The van der Waals surface area contributed by atoms with Crippen molar-refractivity contribution in [3.8, 4) is 0 Å². The topological polar surface area (TPSA) is 301 Å². The number of ketones is 1. The van der Waals surface area contributed by atoms with E-state index in [1.165, 1.54) is 6.92 Å². The van der Waals surface area contributed by atoms with Gasteiger partial charge in [0.25, 0.3) is 0 Å². The lowest BCUT2D eigenvalue weighted by molar-refractivity contribution is -0.130. The molecule has 5 amide bonds. The summed E-state index contributed by atoms with van der Waals surface area (Å²) in [6.07, 6.45) is 4.07. The van der Waals surface area contributed by atoms with Gasteiger partial charge in [0, 0.05) is 45.0 Å². The van der Waals surface area contributed by atoms with Gasteiger partial charge in [-0.25, -0.2) is 0 Å². The van der Waals surface area contributed by atoms with Crippen LogP contribution in [0.25, 0.3) is 0 Å². The van der Waals surface area contributed by atoms with E-state index in [2.05, 4.69) is 31.6 Å². The van der Waals surface area contributed by atoms with Crippen LogP contribution in [0, 0.1) is 0 Å². The van der Waals surface area contributed by atoms with E-state index in [9.17, 15) is 28.8 Å². The number of amides is 5. The van der Waals surface area contributed by atoms with Gasteiger partial charge >= 0.3 is 0 Å². The second kappa shape index (κ2) is 42.0. The summed E-state index contributed by atoms with van der Waals surface area (Å²) in [5.74, 6) is -0.957. The highest BCUT2D eigenvalue weighted by Gasteiger charge is 2.16. The Kier molecular flexibility index (Phi) is 39.4. The number of carbonyl (C=O) groups is 6. The fourth-order valence-corrected chi connectivity index (χ4v) is 4.69. The van der Waals surface area contributed by atoms with Gasteiger partial charge in [-0.05, 0) is 32.6 Å². The number of hydrogen-bond acceptors (Lipinski definition) is 15. The van der Waals surface area contributed by atoms with E-state index in [1.54, 1.807) is 0 Å². The molecule has 0 aliphatic rings. The zero-order valence-electron chi connectivity index (χ0n) is 35.1. The van der Waals surface area contributed by atoms with Gasteiger partial charge in [0.05, 0.1) is 85.3 Å². The van der Waals surface area contributed by atoms with Crippen LogP contribution in [-0.2, 0) is 66.7 Å². The third-order valence-electron chi connectivity index (χ3n) is 7.50. The van der Waals surface area contributed by atoms with Gasteiger partial charge in [-0.15, -0.1) is 11.6 Å². The average Bonchev–Trinajstić information content (AvgIpc) is 3.21. The minimum Gasteiger partial charge on any atom is -0.377 e. The average molecular weight is 885 g/mol. The van der Waals surface area contributed by atoms with Crippen molar-refractivity contribution in [2.45, 2.75) is 51.5 Å². The Balaban J connectivity index is 3.49. The van der Waals surface area contributed by atoms with E-state index in [1.807, 2.05) is 0 Å². The van der Waals surface area contributed by atoms with Crippen molar-refractivity contribution in [1.82, 2.24) is 26.6 Å². The van der Waals surface area contributed by atoms with Crippen LogP contribution in [0.15, 0.2) is 4.99 Å². The first-order valence-corrected chi connectivity index (χ1v) is 20.7. The third-order valence-corrected chi connectivity index (χ3v) is 7.77. The Labute approximate surface area is 357 Å². The molecule has 0 rings (SSSR count). The van der Waals surface area contributed by atoms with Crippen molar-refractivity contribution >= 4 is 52.9 Å². The molecule has 0 aliphatic heterocycles. The Morgan fingerprint density at radius 1 is 0.500 bits per heavy atom. The zero-order valence-corrected chi connectivity index (χ0v) is 35.8. The van der Waals surface area contributed by atoms with Crippen LogP contribution in [-0.4, -0.2) is 192 Å². The van der Waals surface area contributed by atoms with E-state index in [0.717, 1.165) is 19.3 Å². The molecule has 0 aromatic carbocycles. The molecule has 1 atom stereocenters. The Bertz CT molecular complexity index is 1190. The van der Waals surface area contributed by atoms with Crippen LogP contribution in [0.5, 0.6) is 0 Å². The molecule has 0 saturated carbocycles. The number of halogens is 1. The van der Waals surface area contributed by atoms with Crippen LogP contribution in [0.2, 0.25) is 0 Å². The maximum absolute atomic E-state index is 12.0. The van der Waals surface area contributed by atoms with Crippen molar-refractivity contribution in [1.29, 1.82) is 0 Å². The van der Waals surface area contributed by atoms with E-state index in [0.29, 0.717) is 58.0 Å². The van der Waals surface area contributed by atoms with Gasteiger partial charge in [-0.3, -0.25) is 33.8 Å². The Morgan fingerprint density at radius 2 is 0.883 bits per heavy atom. The molecule has 0 radical (unpaired) electrons. The highest BCUT2D eigenvalue weighted by atomic mass is 35.5. The molecule has 0 aromatic rings. The third kappa shape index (κ3) is 41.0. The smallest absolute Gasteiger partial charge is 0.246 e. The molecule has 0 heterocycles. The lowest BCUT2D eigenvalue weighted by atomic mass is 10.1. The van der Waals surface area contributed by atoms with Crippen molar-refractivity contribution in [2.24, 2.45) is 16.5 Å². The van der Waals surface area contributed by atoms with Crippen molar-refractivity contribution in [3.05, 3.63) is 0 Å². The summed E-state index contributed by atoms with van der Waals surface area (Å²) in [4.78, 5) is 74.9. The second-order valence-corrected chi connectivity index (χ2v) is 13.1. The molecule has 0 fully saturated rings. The second-order valence-electron chi connectivity index (χ2n) is 12.7. The van der Waals surface area contributed by atoms with Crippen molar-refractivity contribution < 1.29 is 66.7 Å². The molecule has 0 aromatic heterocycles. The summed E-state index contributed by atoms with van der Waals surface area (Å²) in [5.41, 5.74) is 10.5. The number of alkyl halides is 1. The highest BCUT2D eigenvalue weighted by molar-refractivity contribution is 6.17. The van der Waals surface area contributed by atoms with Gasteiger partial charge in [0.1, 0.15) is 26.4 Å². The van der Waals surface area contributed by atoms with E-state index in [-0.39, 0.29) is 141 Å². The van der Waals surface area contributed by atoms with Gasteiger partial charge in [0.15, 0.2) is 11.7 Å². The fourth-order valence-electron chi connectivity index (χ4n) is 4.50. The van der Waals surface area contributed by atoms with Crippen LogP contribution in [0.1, 0.15) is 45.4 Å². The Hall–Kier alpha value is -3.74. The molecule has 0 aliphatic carbocycles. The van der Waals surface area contributed by atoms with E-state index >= 15 is 0 Å². The summed E-state index contributed by atoms with van der Waals surface area (Å²) >= 11 is 5.61. The number of carbonyl (C=O) groups excluding carboxylic acids is 6. The van der Waals surface area contributed by atoms with Crippen LogP contribution in [0.3, 0.4) is 0 Å². The summed E-state index contributed by atoms with van der Waals surface area (Å²) in [7, 11) is 0. The first-order valence-electron chi connectivity index (χ1n) is 20.1. The number of nitrogens with two attached hydrogens (primary N) is 2. The monoisotopic (exact) mass is 884 g/mol. The Morgan fingerprint density at radius 3 is 1.27 bits per heavy atom. The molecule has 0 bridgehead atoms. The molecule has 22 nitrogen and oxygen atoms in total. The van der Waals surface area contributed by atoms with Crippen molar-refractivity contribution in [3.63, 3.8) is 0 Å². The summed E-state index contributed by atoms with van der Waals surface area (Å²) in [6.45, 7) is 5.23. The van der Waals surface area contributed by atoms with E-state index < -0.39 is 11.9 Å². The normalized spacial score (nSPS) is 11.4.